The number of carbonyl (C=O) groups is 2. The van der Waals surface area contributed by atoms with Crippen molar-refractivity contribution in [3.05, 3.63) is 237 Å². The van der Waals surface area contributed by atoms with Crippen LogP contribution in [0.1, 0.15) is 155 Å². The van der Waals surface area contributed by atoms with Gasteiger partial charge in [-0.25, -0.2) is 115 Å². The lowest BCUT2D eigenvalue weighted by molar-refractivity contribution is -0.135. The van der Waals surface area contributed by atoms with Crippen molar-refractivity contribution in [1.82, 2.24) is 118 Å². The summed E-state index contributed by atoms with van der Waals surface area (Å²) in [6.07, 6.45) is 7.10. The number of pyridine rings is 4. The maximum absolute atomic E-state index is 14.9. The van der Waals surface area contributed by atoms with Gasteiger partial charge in [-0.3, -0.25) is 14.5 Å². The molecule has 0 unspecified atom stereocenters. The van der Waals surface area contributed by atoms with E-state index in [9.17, 15) is 44.7 Å². The normalized spacial score (nSPS) is 13.6. The third kappa shape index (κ3) is 20.5. The van der Waals surface area contributed by atoms with E-state index in [1.54, 1.807) is 67.2 Å². The number of hydrogen-bond donors (Lipinski definition) is 6. The summed E-state index contributed by atoms with van der Waals surface area (Å²) in [6, 6.07) is 27.0. The molecule has 0 fully saturated rings. The van der Waals surface area contributed by atoms with Gasteiger partial charge in [-0.2, -0.15) is 0 Å². The van der Waals surface area contributed by atoms with Gasteiger partial charge in [0.1, 0.15) is 98.0 Å². The van der Waals surface area contributed by atoms with Gasteiger partial charge in [-0.1, -0.05) is 24.3 Å². The van der Waals surface area contributed by atoms with Crippen molar-refractivity contribution in [2.24, 2.45) is 0 Å². The van der Waals surface area contributed by atoms with Crippen LogP contribution in [0.4, 0.5) is 82.2 Å². The summed E-state index contributed by atoms with van der Waals surface area (Å²) in [5.74, 6) is 0.473. The zero-order chi connectivity index (χ0) is 98.2. The molecule has 718 valence electrons. The second-order valence-corrected chi connectivity index (χ2v) is 35.4. The molecule has 0 saturated carbocycles. The maximum Gasteiger partial charge on any atom is 0.248 e. The Morgan fingerprint density at radius 1 is 0.388 bits per heavy atom. The van der Waals surface area contributed by atoms with E-state index in [1.165, 1.54) is 29.8 Å². The zero-order valence-electron chi connectivity index (χ0n) is 78.9. The second kappa shape index (κ2) is 40.4. The molecule has 2 amide bonds. The molecule has 0 bridgehead atoms. The minimum Gasteiger partial charge on any atom is -0.387 e. The highest BCUT2D eigenvalue weighted by Gasteiger charge is 2.29. The lowest BCUT2D eigenvalue weighted by Crippen LogP contribution is -2.37. The number of aryl methyl sites for hydroxylation is 4. The van der Waals surface area contributed by atoms with E-state index in [4.69, 9.17) is 14.8 Å². The van der Waals surface area contributed by atoms with Crippen molar-refractivity contribution in [3.63, 3.8) is 0 Å². The van der Waals surface area contributed by atoms with Gasteiger partial charge in [0.05, 0.1) is 53.5 Å². The van der Waals surface area contributed by atoms with Crippen LogP contribution in [-0.4, -0.2) is 183 Å². The van der Waals surface area contributed by atoms with E-state index < -0.39 is 53.1 Å². The Morgan fingerprint density at radius 2 is 0.691 bits per heavy atom. The molecule has 16 heterocycles. The highest BCUT2D eigenvalue weighted by molar-refractivity contribution is 5.87. The first kappa shape index (κ1) is 95.8. The topological polar surface area (TPSA) is 359 Å². The molecule has 16 aromatic rings. The monoisotopic (exact) mass is 1900 g/mol. The number of imidazole rings is 4. The first-order valence-corrected chi connectivity index (χ1v) is 45.6. The number of nitrogens with zero attached hydrogens (tertiary/aromatic N) is 23. The molecule has 0 spiro atoms. The van der Waals surface area contributed by atoms with Crippen molar-refractivity contribution in [2.75, 3.05) is 74.3 Å². The number of amides is 2. The van der Waals surface area contributed by atoms with Crippen LogP contribution < -0.4 is 26.6 Å². The number of methoxy groups -OCH3 is 1. The average Bonchev–Trinajstić information content (AvgIpc) is 1.64. The van der Waals surface area contributed by atoms with Gasteiger partial charge in [-0.05, 0) is 178 Å². The molecule has 20 rings (SSSR count). The van der Waals surface area contributed by atoms with Gasteiger partial charge in [0, 0.05) is 168 Å². The van der Waals surface area contributed by atoms with Crippen LogP contribution >= 0.6 is 0 Å². The third-order valence-corrected chi connectivity index (χ3v) is 24.5. The number of hydrogen-bond acceptors (Lipinski definition) is 26. The van der Waals surface area contributed by atoms with Gasteiger partial charge < -0.3 is 64.5 Å². The first-order chi connectivity index (χ1) is 66.7. The fourth-order valence-electron chi connectivity index (χ4n) is 18.1. The number of aliphatic hydroxyl groups excluding tert-OH is 1. The number of fused-ring (bicyclic) bond motifs is 8. The Morgan fingerprint density at radius 3 is 1.01 bits per heavy atom. The summed E-state index contributed by atoms with van der Waals surface area (Å²) in [5.41, 5.74) is 12.4. The number of halogens is 8. The van der Waals surface area contributed by atoms with Gasteiger partial charge in [-0.15, -0.1) is 0 Å². The van der Waals surface area contributed by atoms with Gasteiger partial charge >= 0.3 is 0 Å². The van der Waals surface area contributed by atoms with E-state index >= 15 is 0 Å². The number of aromatic nitrogens is 20. The number of ether oxygens (including phenoxy) is 1. The molecule has 0 radical (unpaired) electrons. The number of aliphatic hydroxyl groups is 1. The first-order valence-electron chi connectivity index (χ1n) is 45.6. The molecule has 0 saturated heterocycles. The smallest absolute Gasteiger partial charge is 0.248 e. The van der Waals surface area contributed by atoms with Crippen LogP contribution in [0.5, 0.6) is 0 Å². The van der Waals surface area contributed by atoms with Crippen molar-refractivity contribution in [2.45, 2.75) is 166 Å². The molecule has 4 aliphatic rings. The highest BCUT2D eigenvalue weighted by atomic mass is 19.2. The summed E-state index contributed by atoms with van der Waals surface area (Å²) in [7, 11) is 1.71. The van der Waals surface area contributed by atoms with Crippen molar-refractivity contribution in [3.8, 4) is 45.0 Å². The fraction of sp³-hybridized carbons (Fsp3) is 0.333. The molecule has 32 nitrogen and oxygen atoms in total. The Bertz CT molecular complexity index is 7430. The molecule has 6 N–H and O–H groups in total. The van der Waals surface area contributed by atoms with E-state index in [2.05, 4.69) is 106 Å². The van der Waals surface area contributed by atoms with E-state index in [0.717, 1.165) is 110 Å². The predicted octanol–water partition coefficient (Wildman–Crippen LogP) is 17.6. The quantitative estimate of drug-likeness (QED) is 0.0386. The lowest BCUT2D eigenvalue weighted by Gasteiger charge is -2.28. The van der Waals surface area contributed by atoms with E-state index in [-0.39, 0.29) is 110 Å². The Hall–Kier alpha value is -14.9. The average molecular weight is 1900 g/mol. The maximum atomic E-state index is 14.9. The summed E-state index contributed by atoms with van der Waals surface area (Å²) in [5, 5.41) is 24.5. The number of anilines is 8. The Labute approximate surface area is 793 Å². The number of carbonyl (C=O) groups excluding carboxylic acids is 2. The van der Waals surface area contributed by atoms with Crippen molar-refractivity contribution < 1.29 is 54.6 Å². The standard InChI is InChI=1S/C26H29F2N7O.C25H25F2N7O2.C25H25F2N7O.C23H23F2N7/c1-15(2)35-16(3)30-25-19(27)11-18(12-22(25)35)24-20(28)13-29-26(33-24)32-23-6-5-17-14-34(9-10-36-4)8-7-21(17)31-23;1-13(2)34-14(3)29-24-17(26)8-16(9-20(24)34)23-18(27)10-28-25(32-23)31-21-5-4-15-11-33(22(36)12-35)7-6-19(15)30-21;1-13(2)34-14(3)29-24-18(26)9-17(10-21(24)34)23-19(27)11-28-25(32-23)31-22-6-5-16-12-33(15(4)35)8-7-20(16)30-22;1-12(2)32-13(3)28-22-16(24)8-15(9-19(22)32)21-17(25)11-27-23(31-21)30-20-5-4-14-10-26-7-6-18(14)29-20/h5-6,11-13,15H,7-10,14H2,1-4H3,(H,29,31,32,33);4-5,8-10,13,35H,6-7,11-12H2,1-3H3,(H,28,30,31,32);5-6,9-11,13H,7-8,12H2,1-4H3,(H,28,30,31,32);4-5,8-9,11-12,26H,6-7,10H2,1-3H3,(H,27,29,30,31). The van der Waals surface area contributed by atoms with Crippen LogP contribution in [0.25, 0.3) is 89.2 Å². The number of rotatable bonds is 20. The largest absolute Gasteiger partial charge is 0.387 e. The van der Waals surface area contributed by atoms with Crippen LogP contribution in [0, 0.1) is 74.2 Å². The molecular formula is C99H102F8N28O4. The molecule has 40 heteroatoms. The molecule has 4 aromatic carbocycles. The zero-order valence-corrected chi connectivity index (χ0v) is 78.9. The van der Waals surface area contributed by atoms with E-state index in [1.807, 2.05) is 131 Å². The molecule has 12 aromatic heterocycles. The lowest BCUT2D eigenvalue weighted by atomic mass is 10.1. The number of benzene rings is 4. The van der Waals surface area contributed by atoms with Crippen LogP contribution in [0.15, 0.2) is 122 Å². The van der Waals surface area contributed by atoms with Crippen LogP contribution in [0.3, 0.4) is 0 Å². The van der Waals surface area contributed by atoms with Crippen LogP contribution in [0.2, 0.25) is 0 Å². The summed E-state index contributed by atoms with van der Waals surface area (Å²) in [4.78, 5) is 98.5. The Balaban J connectivity index is 0.000000128. The minimum absolute atomic E-state index is 0.00852. The fourth-order valence-corrected chi connectivity index (χ4v) is 18.1. The van der Waals surface area contributed by atoms with Crippen molar-refractivity contribution in [1.29, 1.82) is 0 Å². The second-order valence-electron chi connectivity index (χ2n) is 35.4. The molecular weight excluding hydrogens is 1800 g/mol. The Kier molecular flexibility index (Phi) is 27.9. The molecule has 0 aliphatic carbocycles. The molecule has 4 aliphatic heterocycles. The van der Waals surface area contributed by atoms with Gasteiger partial charge in [0.25, 0.3) is 0 Å². The third-order valence-electron chi connectivity index (χ3n) is 24.5. The molecule has 0 atom stereocenters. The highest BCUT2D eigenvalue weighted by Crippen LogP contribution is 2.38. The number of nitrogens with one attached hydrogen (secondary N) is 5. The minimum atomic E-state index is -0.682. The summed E-state index contributed by atoms with van der Waals surface area (Å²) in [6.45, 7) is 31.1. The van der Waals surface area contributed by atoms with E-state index in [0.29, 0.717) is 131 Å². The predicted molar refractivity (Wildman–Crippen MR) is 511 cm³/mol. The SMILES string of the molecule is CC(=O)N1CCc2nc(Nc3ncc(F)c(-c4cc(F)c5nc(C)n(C(C)C)c5c4)n3)ccc2C1.COCCN1CCc2nc(Nc3ncc(F)c(-c4cc(F)c5nc(C)n(C(C)C)c5c4)n3)ccc2C1.Cc1nc2c(F)cc(-c3nc(Nc4ccc5c(n4)CCN(C(=O)CO)C5)ncc3F)cc2n1C(C)C.Cc1nc2c(F)cc(-c3nc(Nc4ccc5c(n4)CCNC5)ncc3F)cc2n1C(C)C. The van der Waals surface area contributed by atoms with Gasteiger partial charge in [0.2, 0.25) is 35.6 Å². The van der Waals surface area contributed by atoms with Crippen LogP contribution in [-0.2, 0) is 66.2 Å². The summed E-state index contributed by atoms with van der Waals surface area (Å²) >= 11 is 0. The van der Waals surface area contributed by atoms with Crippen molar-refractivity contribution >= 4 is 103 Å². The summed E-state index contributed by atoms with van der Waals surface area (Å²) < 4.78 is 132. The van der Waals surface area contributed by atoms with Gasteiger partial charge in [0.15, 0.2) is 46.5 Å². The molecule has 139 heavy (non-hydrogen) atoms.